The highest BCUT2D eigenvalue weighted by molar-refractivity contribution is 6.05. The fraction of sp³-hybridized carbons (Fsp3) is 0.148. The van der Waals surface area contributed by atoms with E-state index in [0.717, 1.165) is 28.6 Å². The Balaban J connectivity index is 1.70. The molecule has 0 unspecified atom stereocenters. The number of halogens is 3. The fourth-order valence-corrected chi connectivity index (χ4v) is 3.83. The number of ether oxygens (including phenoxy) is 2. The van der Waals surface area contributed by atoms with Gasteiger partial charge in [0, 0.05) is 39.9 Å². The molecule has 1 heterocycles. The van der Waals surface area contributed by atoms with Gasteiger partial charge in [0.05, 0.1) is 26.0 Å². The van der Waals surface area contributed by atoms with Crippen molar-refractivity contribution in [2.24, 2.45) is 0 Å². The standard InChI is InChI=1S/C27H22F3NO4/c1-16(11-26(32)31-18-8-6-7-17(12-18)27(28,29)30)20-13-21-22(15-35-25(21)14-24(20)34-3)19-9-4-5-10-23(19)33-2/h4-15H,1-3H3,(H,31,32)/b16-11+. The van der Waals surface area contributed by atoms with E-state index in [2.05, 4.69) is 5.32 Å². The van der Waals surface area contributed by atoms with Crippen LogP contribution in [0.2, 0.25) is 0 Å². The summed E-state index contributed by atoms with van der Waals surface area (Å²) in [6.07, 6.45) is -1.56. The third kappa shape index (κ3) is 5.01. The summed E-state index contributed by atoms with van der Waals surface area (Å²) in [5, 5.41) is 3.27. The monoisotopic (exact) mass is 481 g/mol. The molecule has 0 fully saturated rings. The average molecular weight is 481 g/mol. The maximum atomic E-state index is 13.0. The van der Waals surface area contributed by atoms with Gasteiger partial charge in [-0.3, -0.25) is 4.79 Å². The van der Waals surface area contributed by atoms with E-state index in [1.807, 2.05) is 30.3 Å². The van der Waals surface area contributed by atoms with Crippen molar-refractivity contribution in [3.63, 3.8) is 0 Å². The zero-order valence-corrected chi connectivity index (χ0v) is 19.2. The van der Waals surface area contributed by atoms with Gasteiger partial charge in [-0.15, -0.1) is 0 Å². The fourth-order valence-electron chi connectivity index (χ4n) is 3.83. The number of nitrogens with one attached hydrogen (secondary N) is 1. The number of hydrogen-bond acceptors (Lipinski definition) is 4. The van der Waals surface area contributed by atoms with E-state index in [0.29, 0.717) is 28.2 Å². The number of methoxy groups -OCH3 is 2. The molecule has 5 nitrogen and oxygen atoms in total. The predicted molar refractivity (Wildman–Crippen MR) is 128 cm³/mol. The van der Waals surface area contributed by atoms with Gasteiger partial charge in [0.15, 0.2) is 0 Å². The maximum Gasteiger partial charge on any atom is 0.416 e. The minimum Gasteiger partial charge on any atom is -0.496 e. The SMILES string of the molecule is COc1cc2occ(-c3ccccc3OC)c2cc1/C(C)=C/C(=O)Nc1cccc(C(F)(F)F)c1. The van der Waals surface area contributed by atoms with Crippen molar-refractivity contribution in [2.45, 2.75) is 13.1 Å². The third-order valence-electron chi connectivity index (χ3n) is 5.52. The molecule has 180 valence electrons. The van der Waals surface area contributed by atoms with Crippen LogP contribution in [0.5, 0.6) is 11.5 Å². The smallest absolute Gasteiger partial charge is 0.416 e. The van der Waals surface area contributed by atoms with Crippen LogP contribution in [0.3, 0.4) is 0 Å². The van der Waals surface area contributed by atoms with Crippen molar-refractivity contribution in [3.8, 4) is 22.6 Å². The highest BCUT2D eigenvalue weighted by atomic mass is 19.4. The second-order valence-corrected chi connectivity index (χ2v) is 7.79. The molecule has 4 rings (SSSR count). The first-order valence-electron chi connectivity index (χ1n) is 10.6. The van der Waals surface area contributed by atoms with Crippen LogP contribution < -0.4 is 14.8 Å². The van der Waals surface area contributed by atoms with E-state index < -0.39 is 17.6 Å². The summed E-state index contributed by atoms with van der Waals surface area (Å²) in [4.78, 5) is 12.6. The van der Waals surface area contributed by atoms with Crippen molar-refractivity contribution in [2.75, 3.05) is 19.5 Å². The van der Waals surface area contributed by atoms with Crippen molar-refractivity contribution in [1.82, 2.24) is 0 Å². The number of carbonyl (C=O) groups excluding carboxylic acids is 1. The summed E-state index contributed by atoms with van der Waals surface area (Å²) in [5.41, 5.74) is 2.64. The summed E-state index contributed by atoms with van der Waals surface area (Å²) >= 11 is 0. The molecule has 35 heavy (non-hydrogen) atoms. The molecule has 1 N–H and O–H groups in total. The van der Waals surface area contributed by atoms with E-state index in [1.165, 1.54) is 25.3 Å². The molecular formula is C27H22F3NO4. The topological polar surface area (TPSA) is 60.7 Å². The number of benzene rings is 3. The van der Waals surface area contributed by atoms with E-state index in [9.17, 15) is 18.0 Å². The first-order valence-corrected chi connectivity index (χ1v) is 10.6. The third-order valence-corrected chi connectivity index (χ3v) is 5.52. The number of allylic oxidation sites excluding steroid dienone is 1. The van der Waals surface area contributed by atoms with Gasteiger partial charge >= 0.3 is 6.18 Å². The molecular weight excluding hydrogens is 459 g/mol. The second kappa shape index (κ2) is 9.58. The molecule has 0 atom stereocenters. The molecule has 4 aromatic rings. The highest BCUT2D eigenvalue weighted by Gasteiger charge is 2.30. The minimum absolute atomic E-state index is 0.0459. The summed E-state index contributed by atoms with van der Waals surface area (Å²) in [7, 11) is 3.09. The lowest BCUT2D eigenvalue weighted by molar-refractivity contribution is -0.137. The Kier molecular flexibility index (Phi) is 6.55. The number of anilines is 1. The lowest BCUT2D eigenvalue weighted by atomic mass is 9.98. The number of fused-ring (bicyclic) bond motifs is 1. The van der Waals surface area contributed by atoms with E-state index in [1.54, 1.807) is 26.4 Å². The number of carbonyl (C=O) groups is 1. The highest BCUT2D eigenvalue weighted by Crippen LogP contribution is 2.40. The molecule has 1 amide bonds. The lowest BCUT2D eigenvalue weighted by Gasteiger charge is -2.11. The van der Waals surface area contributed by atoms with Gasteiger partial charge in [-0.1, -0.05) is 24.3 Å². The van der Waals surface area contributed by atoms with E-state index in [-0.39, 0.29) is 5.69 Å². The lowest BCUT2D eigenvalue weighted by Crippen LogP contribution is -2.11. The minimum atomic E-state index is -4.50. The zero-order chi connectivity index (χ0) is 25.2. The number of para-hydroxylation sites is 1. The molecule has 0 aliphatic heterocycles. The molecule has 0 radical (unpaired) electrons. The molecule has 0 aliphatic carbocycles. The Labute approximate surface area is 199 Å². The van der Waals surface area contributed by atoms with Crippen molar-refractivity contribution in [1.29, 1.82) is 0 Å². The number of hydrogen-bond donors (Lipinski definition) is 1. The first-order chi connectivity index (χ1) is 16.7. The summed E-state index contributed by atoms with van der Waals surface area (Å²) in [6.45, 7) is 1.72. The van der Waals surface area contributed by atoms with Gasteiger partial charge in [-0.05, 0) is 42.8 Å². The quantitative estimate of drug-likeness (QED) is 0.297. The Bertz CT molecular complexity index is 1420. The van der Waals surface area contributed by atoms with Gasteiger partial charge < -0.3 is 19.2 Å². The first kappa shape index (κ1) is 23.9. The van der Waals surface area contributed by atoms with Crippen LogP contribution in [0.1, 0.15) is 18.1 Å². The van der Waals surface area contributed by atoms with Gasteiger partial charge in [0.25, 0.3) is 0 Å². The van der Waals surface area contributed by atoms with Gasteiger partial charge in [0.1, 0.15) is 17.1 Å². The normalized spacial score (nSPS) is 12.0. The Morgan fingerprint density at radius 3 is 2.40 bits per heavy atom. The van der Waals surface area contributed by atoms with Crippen LogP contribution in [0.4, 0.5) is 18.9 Å². The number of alkyl halides is 3. The number of furan rings is 1. The average Bonchev–Trinajstić information content (AvgIpc) is 3.25. The summed E-state index contributed by atoms with van der Waals surface area (Å²) in [5.74, 6) is 0.598. The molecule has 1 aromatic heterocycles. The largest absolute Gasteiger partial charge is 0.496 e. The Morgan fingerprint density at radius 2 is 1.69 bits per heavy atom. The Morgan fingerprint density at radius 1 is 0.943 bits per heavy atom. The second-order valence-electron chi connectivity index (χ2n) is 7.79. The molecule has 0 spiro atoms. The molecule has 0 bridgehead atoms. The molecule has 0 saturated carbocycles. The van der Waals surface area contributed by atoms with E-state index >= 15 is 0 Å². The van der Waals surface area contributed by atoms with Crippen LogP contribution in [-0.4, -0.2) is 20.1 Å². The molecule has 0 saturated heterocycles. The van der Waals surface area contributed by atoms with Gasteiger partial charge in [0.2, 0.25) is 5.91 Å². The van der Waals surface area contributed by atoms with Crippen LogP contribution in [0.25, 0.3) is 27.7 Å². The summed E-state index contributed by atoms with van der Waals surface area (Å²) in [6, 6.07) is 15.6. The maximum absolute atomic E-state index is 13.0. The van der Waals surface area contributed by atoms with Crippen molar-refractivity contribution >= 4 is 28.1 Å². The molecule has 8 heteroatoms. The van der Waals surface area contributed by atoms with Gasteiger partial charge in [-0.2, -0.15) is 13.2 Å². The molecule has 0 aliphatic rings. The van der Waals surface area contributed by atoms with Crippen LogP contribution in [-0.2, 0) is 11.0 Å². The molecule has 3 aromatic carbocycles. The summed E-state index contributed by atoms with van der Waals surface area (Å²) < 4.78 is 55.6. The van der Waals surface area contributed by atoms with Crippen LogP contribution in [0, 0.1) is 0 Å². The Hall–Kier alpha value is -4.20. The van der Waals surface area contributed by atoms with Gasteiger partial charge in [-0.25, -0.2) is 0 Å². The van der Waals surface area contributed by atoms with Crippen LogP contribution >= 0.6 is 0 Å². The van der Waals surface area contributed by atoms with E-state index in [4.69, 9.17) is 13.9 Å². The predicted octanol–water partition coefficient (Wildman–Crippen LogP) is 7.18. The van der Waals surface area contributed by atoms with Crippen molar-refractivity contribution < 1.29 is 31.9 Å². The van der Waals surface area contributed by atoms with Crippen molar-refractivity contribution in [3.05, 3.63) is 84.1 Å². The zero-order valence-electron chi connectivity index (χ0n) is 19.2. The van der Waals surface area contributed by atoms with Crippen LogP contribution in [0.15, 0.2) is 77.4 Å². The number of rotatable bonds is 6. The number of amides is 1.